The van der Waals surface area contributed by atoms with Gasteiger partial charge in [0.15, 0.2) is 0 Å². The van der Waals surface area contributed by atoms with Gasteiger partial charge < -0.3 is 11.5 Å². The van der Waals surface area contributed by atoms with Crippen LogP contribution in [0.25, 0.3) is 0 Å². The monoisotopic (exact) mass is 378 g/mol. The molecule has 8 nitrogen and oxygen atoms in total. The number of rotatable bonds is 4. The molecule has 0 aromatic heterocycles. The van der Waals surface area contributed by atoms with Gasteiger partial charge in [0.05, 0.1) is 11.1 Å². The van der Waals surface area contributed by atoms with Crippen LogP contribution in [0.3, 0.4) is 0 Å². The quantitative estimate of drug-likeness (QED) is 0.479. The molecule has 0 spiro atoms. The number of nitrogen functional groups attached to an aromatic ring is 2. The normalized spacial score (nSPS) is 13.6. The molecule has 6 N–H and O–H groups in total. The third-order valence-corrected chi connectivity index (χ3v) is 4.45. The molecule has 8 heteroatoms. The van der Waals surface area contributed by atoms with Crippen LogP contribution in [0.4, 0.5) is 11.4 Å². The first-order valence-electron chi connectivity index (χ1n) is 8.95. The number of benzene rings is 2. The van der Waals surface area contributed by atoms with Crippen LogP contribution in [-0.2, 0) is 0 Å². The smallest absolute Gasteiger partial charge is 0.273 e. The van der Waals surface area contributed by atoms with Gasteiger partial charge in [-0.05, 0) is 49.9 Å². The number of nitrogens with two attached hydrogens (primary N) is 2. The topological polar surface area (TPSA) is 135 Å². The number of carbonyl (C=O) groups is 2. The lowest BCUT2D eigenvalue weighted by Crippen LogP contribution is -2.25. The fourth-order valence-corrected chi connectivity index (χ4v) is 2.84. The maximum atomic E-state index is 12.1. The Bertz CT molecular complexity index is 862. The van der Waals surface area contributed by atoms with Gasteiger partial charge in [0, 0.05) is 22.8 Å². The maximum Gasteiger partial charge on any atom is 0.273 e. The molecular formula is C20H22N6O2. The fraction of sp³-hybridized carbons (Fsp3) is 0.200. The molecule has 1 fully saturated rings. The molecule has 0 bridgehead atoms. The molecular weight excluding hydrogens is 356 g/mol. The highest BCUT2D eigenvalue weighted by molar-refractivity contribution is 6.03. The Hall–Kier alpha value is -3.68. The minimum absolute atomic E-state index is 0.335. The SMILES string of the molecule is Nc1ccccc1C(=O)NN=C1CCC(=NNC(=O)c2ccccc2N)CC1. The molecule has 3 rings (SSSR count). The van der Waals surface area contributed by atoms with E-state index >= 15 is 0 Å². The Morgan fingerprint density at radius 3 is 1.39 bits per heavy atom. The average Bonchev–Trinajstić information content (AvgIpc) is 2.71. The number of nitrogens with one attached hydrogen (secondary N) is 2. The number of nitrogens with zero attached hydrogens (tertiary/aromatic N) is 2. The third kappa shape index (κ3) is 4.73. The van der Waals surface area contributed by atoms with E-state index < -0.39 is 0 Å². The second kappa shape index (κ2) is 8.81. The highest BCUT2D eigenvalue weighted by Gasteiger charge is 2.15. The van der Waals surface area contributed by atoms with Crippen LogP contribution < -0.4 is 22.3 Å². The van der Waals surface area contributed by atoms with Gasteiger partial charge >= 0.3 is 0 Å². The Morgan fingerprint density at radius 2 is 1.04 bits per heavy atom. The van der Waals surface area contributed by atoms with Crippen LogP contribution in [0.2, 0.25) is 0 Å². The van der Waals surface area contributed by atoms with Crippen molar-refractivity contribution in [1.29, 1.82) is 0 Å². The molecule has 2 aromatic carbocycles. The molecule has 1 saturated carbocycles. The zero-order valence-corrected chi connectivity index (χ0v) is 15.3. The van der Waals surface area contributed by atoms with Crippen molar-refractivity contribution in [2.24, 2.45) is 10.2 Å². The number of hydrazone groups is 2. The molecule has 0 heterocycles. The van der Waals surface area contributed by atoms with Crippen molar-refractivity contribution < 1.29 is 9.59 Å². The lowest BCUT2D eigenvalue weighted by atomic mass is 9.97. The second-order valence-electron chi connectivity index (χ2n) is 6.41. The van der Waals surface area contributed by atoms with Crippen LogP contribution in [-0.4, -0.2) is 23.2 Å². The van der Waals surface area contributed by atoms with Gasteiger partial charge in [-0.1, -0.05) is 24.3 Å². The van der Waals surface area contributed by atoms with Crippen molar-refractivity contribution in [3.63, 3.8) is 0 Å². The van der Waals surface area contributed by atoms with Gasteiger partial charge in [0.2, 0.25) is 0 Å². The van der Waals surface area contributed by atoms with Crippen LogP contribution >= 0.6 is 0 Å². The summed E-state index contributed by atoms with van der Waals surface area (Å²) >= 11 is 0. The Morgan fingerprint density at radius 1 is 0.679 bits per heavy atom. The Labute approximate surface area is 162 Å². The van der Waals surface area contributed by atoms with E-state index in [1.165, 1.54) is 0 Å². The van der Waals surface area contributed by atoms with Crippen molar-refractivity contribution in [1.82, 2.24) is 10.9 Å². The van der Waals surface area contributed by atoms with E-state index in [1.54, 1.807) is 48.5 Å². The molecule has 0 saturated heterocycles. The van der Waals surface area contributed by atoms with E-state index in [0.717, 1.165) is 11.4 Å². The standard InChI is InChI=1S/C20H22N6O2/c21-17-7-3-1-5-15(17)19(27)25-23-13-9-11-14(12-10-13)24-26-20(28)16-6-2-4-8-18(16)22/h1-8H,9-12,21-22H2,(H,25,27)(H,26,28). The molecule has 2 aromatic rings. The van der Waals surface area contributed by atoms with Gasteiger partial charge in [0.1, 0.15) is 0 Å². The van der Waals surface area contributed by atoms with E-state index in [-0.39, 0.29) is 11.8 Å². The number of hydrogen-bond donors (Lipinski definition) is 4. The number of amides is 2. The Kier molecular flexibility index (Phi) is 6.01. The summed E-state index contributed by atoms with van der Waals surface area (Å²) in [5.41, 5.74) is 20.0. The lowest BCUT2D eigenvalue weighted by Gasteiger charge is -2.15. The van der Waals surface area contributed by atoms with E-state index in [1.807, 2.05) is 0 Å². The summed E-state index contributed by atoms with van der Waals surface area (Å²) in [4.78, 5) is 24.3. The second-order valence-corrected chi connectivity index (χ2v) is 6.41. The minimum atomic E-state index is -0.335. The fourth-order valence-electron chi connectivity index (χ4n) is 2.84. The maximum absolute atomic E-state index is 12.1. The number of para-hydroxylation sites is 2. The van der Waals surface area contributed by atoms with Crippen LogP contribution in [0, 0.1) is 0 Å². The van der Waals surface area contributed by atoms with Gasteiger partial charge in [0.25, 0.3) is 11.8 Å². The molecule has 1 aliphatic rings. The van der Waals surface area contributed by atoms with Crippen LogP contribution in [0.5, 0.6) is 0 Å². The molecule has 0 atom stereocenters. The van der Waals surface area contributed by atoms with Gasteiger partial charge in [-0.2, -0.15) is 10.2 Å². The first kappa shape index (κ1) is 19.1. The van der Waals surface area contributed by atoms with E-state index in [4.69, 9.17) is 11.5 Å². The molecule has 28 heavy (non-hydrogen) atoms. The molecule has 144 valence electrons. The first-order chi connectivity index (χ1) is 13.5. The van der Waals surface area contributed by atoms with Crippen LogP contribution in [0.1, 0.15) is 46.4 Å². The zero-order chi connectivity index (χ0) is 19.9. The predicted molar refractivity (Wildman–Crippen MR) is 110 cm³/mol. The minimum Gasteiger partial charge on any atom is -0.398 e. The number of anilines is 2. The molecule has 0 radical (unpaired) electrons. The number of hydrogen-bond acceptors (Lipinski definition) is 6. The highest BCUT2D eigenvalue weighted by Crippen LogP contribution is 2.15. The third-order valence-electron chi connectivity index (χ3n) is 4.45. The summed E-state index contributed by atoms with van der Waals surface area (Å²) in [6.45, 7) is 0. The summed E-state index contributed by atoms with van der Waals surface area (Å²) in [6, 6.07) is 13.7. The lowest BCUT2D eigenvalue weighted by molar-refractivity contribution is 0.0947. The van der Waals surface area contributed by atoms with E-state index in [0.29, 0.717) is 48.2 Å². The highest BCUT2D eigenvalue weighted by atomic mass is 16.2. The largest absolute Gasteiger partial charge is 0.398 e. The van der Waals surface area contributed by atoms with E-state index in [9.17, 15) is 9.59 Å². The number of carbonyl (C=O) groups excluding carboxylic acids is 2. The molecule has 2 amide bonds. The molecule has 0 unspecified atom stereocenters. The van der Waals surface area contributed by atoms with Crippen molar-refractivity contribution >= 4 is 34.6 Å². The van der Waals surface area contributed by atoms with Crippen molar-refractivity contribution in [2.45, 2.75) is 25.7 Å². The summed E-state index contributed by atoms with van der Waals surface area (Å²) in [7, 11) is 0. The summed E-state index contributed by atoms with van der Waals surface area (Å²) in [5.74, 6) is -0.671. The van der Waals surface area contributed by atoms with Gasteiger partial charge in [-0.25, -0.2) is 10.9 Å². The summed E-state index contributed by atoms with van der Waals surface area (Å²) < 4.78 is 0. The molecule has 1 aliphatic carbocycles. The van der Waals surface area contributed by atoms with Gasteiger partial charge in [-0.15, -0.1) is 0 Å². The molecule has 0 aliphatic heterocycles. The average molecular weight is 378 g/mol. The first-order valence-corrected chi connectivity index (χ1v) is 8.95. The van der Waals surface area contributed by atoms with Crippen molar-refractivity contribution in [3.05, 3.63) is 59.7 Å². The van der Waals surface area contributed by atoms with E-state index in [2.05, 4.69) is 21.1 Å². The predicted octanol–water partition coefficient (Wildman–Crippen LogP) is 2.30. The Balaban J connectivity index is 1.51. The van der Waals surface area contributed by atoms with Crippen molar-refractivity contribution in [3.8, 4) is 0 Å². The van der Waals surface area contributed by atoms with Gasteiger partial charge in [-0.3, -0.25) is 9.59 Å². The summed E-state index contributed by atoms with van der Waals surface area (Å²) in [5, 5.41) is 8.38. The van der Waals surface area contributed by atoms with Crippen molar-refractivity contribution in [2.75, 3.05) is 11.5 Å². The summed E-state index contributed by atoms with van der Waals surface area (Å²) in [6.07, 6.45) is 2.64. The zero-order valence-electron chi connectivity index (χ0n) is 15.3. The van der Waals surface area contributed by atoms with Crippen LogP contribution in [0.15, 0.2) is 58.7 Å².